The predicted octanol–water partition coefficient (Wildman–Crippen LogP) is 15.6. The molecule has 0 aliphatic carbocycles. The van der Waals surface area contributed by atoms with Crippen molar-refractivity contribution in [2.24, 2.45) is 0 Å². The molecule has 3 atom stereocenters. The molecule has 0 saturated carbocycles. The van der Waals surface area contributed by atoms with E-state index in [1.54, 1.807) is 42.1 Å². The molecule has 3 fully saturated rings. The second kappa shape index (κ2) is 35.8. The van der Waals surface area contributed by atoms with Crippen LogP contribution in [0.3, 0.4) is 0 Å². The average Bonchev–Trinajstić information content (AvgIpc) is 1.66. The summed E-state index contributed by atoms with van der Waals surface area (Å²) in [6.07, 6.45) is 4.20. The van der Waals surface area contributed by atoms with Crippen LogP contribution in [0.5, 0.6) is 40.2 Å². The average molecular weight is 1530 g/mol. The molecule has 6 aromatic heterocycles. The van der Waals surface area contributed by atoms with Gasteiger partial charge in [0, 0.05) is 80.8 Å². The molecular formula is C82H93Cl2N9O16. The van der Waals surface area contributed by atoms with Crippen molar-refractivity contribution in [3.63, 3.8) is 0 Å². The van der Waals surface area contributed by atoms with Gasteiger partial charge in [-0.15, -0.1) is 30.6 Å². The summed E-state index contributed by atoms with van der Waals surface area (Å²) < 4.78 is 74.2. The van der Waals surface area contributed by atoms with Crippen molar-refractivity contribution in [2.75, 3.05) is 107 Å². The third kappa shape index (κ3) is 19.1. The molecule has 0 spiro atoms. The summed E-state index contributed by atoms with van der Waals surface area (Å²) in [4.78, 5) is 6.87. The molecule has 25 nitrogen and oxygen atoms in total. The molecule has 3 unspecified atom stereocenters. The summed E-state index contributed by atoms with van der Waals surface area (Å²) >= 11 is 12.6. The predicted molar refractivity (Wildman–Crippen MR) is 412 cm³/mol. The number of piperidine rings is 3. The normalized spacial score (nSPS) is 15.8. The topological polar surface area (TPSA) is 291 Å². The van der Waals surface area contributed by atoms with Crippen molar-refractivity contribution >= 4 is 56.1 Å². The van der Waals surface area contributed by atoms with E-state index in [0.717, 1.165) is 123 Å². The third-order valence-electron chi connectivity index (χ3n) is 20.1. The van der Waals surface area contributed by atoms with Crippen molar-refractivity contribution in [2.45, 2.75) is 116 Å². The molecule has 3 saturated heterocycles. The highest BCUT2D eigenvalue weighted by atomic mass is 35.5. The van der Waals surface area contributed by atoms with Gasteiger partial charge in [-0.25, -0.2) is 0 Å². The minimum Gasteiger partial charge on any atom is -0.497 e. The number of aliphatic hydroxyl groups is 3. The number of hydrogen-bond acceptors (Lipinski definition) is 25. The maximum absolute atomic E-state index is 10.7. The molecular weight excluding hydrogens is 1440 g/mol. The first-order chi connectivity index (χ1) is 52.8. The Hall–Kier alpha value is -9.70. The lowest BCUT2D eigenvalue weighted by Crippen LogP contribution is -2.40. The van der Waals surface area contributed by atoms with Gasteiger partial charge in [0.05, 0.1) is 49.1 Å². The van der Waals surface area contributed by atoms with Crippen LogP contribution >= 0.6 is 23.2 Å². The van der Waals surface area contributed by atoms with Crippen LogP contribution in [-0.2, 0) is 0 Å². The number of furan rings is 3. The first-order valence-corrected chi connectivity index (χ1v) is 37.7. The molecule has 3 aliphatic heterocycles. The van der Waals surface area contributed by atoms with Crippen LogP contribution in [0.15, 0.2) is 142 Å². The highest BCUT2D eigenvalue weighted by Crippen LogP contribution is 2.43. The minimum atomic E-state index is -0.617. The van der Waals surface area contributed by atoms with E-state index in [1.807, 2.05) is 110 Å². The zero-order valence-corrected chi connectivity index (χ0v) is 64.3. The van der Waals surface area contributed by atoms with E-state index in [4.69, 9.17) is 82.9 Å². The molecule has 576 valence electrons. The number of fused-ring (bicyclic) bond motifs is 3. The minimum absolute atomic E-state index is 0.184. The van der Waals surface area contributed by atoms with Crippen molar-refractivity contribution < 1.29 is 75.0 Å². The van der Waals surface area contributed by atoms with Crippen molar-refractivity contribution in [1.82, 2.24) is 45.3 Å². The lowest BCUT2D eigenvalue weighted by molar-refractivity contribution is 0.0597. The lowest BCUT2D eigenvalue weighted by atomic mass is 9.86. The highest BCUT2D eigenvalue weighted by Gasteiger charge is 2.30. The fraction of sp³-hybridized carbons (Fsp3) is 0.415. The van der Waals surface area contributed by atoms with Gasteiger partial charge in [-0.2, -0.15) is 0 Å². The van der Waals surface area contributed by atoms with E-state index < -0.39 is 18.3 Å². The van der Waals surface area contributed by atoms with E-state index in [9.17, 15) is 15.3 Å². The highest BCUT2D eigenvalue weighted by molar-refractivity contribution is 6.32. The second-order valence-corrected chi connectivity index (χ2v) is 28.7. The van der Waals surface area contributed by atoms with Gasteiger partial charge in [0.2, 0.25) is 17.7 Å². The molecule has 109 heavy (non-hydrogen) atoms. The first kappa shape index (κ1) is 77.5. The van der Waals surface area contributed by atoms with E-state index in [1.165, 1.54) is 22.3 Å². The monoisotopic (exact) mass is 1530 g/mol. The quantitative estimate of drug-likeness (QED) is 0.0454. The Bertz CT molecular complexity index is 4990. The zero-order valence-electron chi connectivity index (χ0n) is 62.8. The van der Waals surface area contributed by atoms with E-state index in [2.05, 4.69) is 71.3 Å². The first-order valence-electron chi connectivity index (χ1n) is 36.9. The molecule has 12 aromatic rings. The Kier molecular flexibility index (Phi) is 25.4. The fourth-order valence-corrected chi connectivity index (χ4v) is 15.4. The Labute approximate surface area is 641 Å². The van der Waals surface area contributed by atoms with Crippen molar-refractivity contribution in [1.29, 1.82) is 0 Å². The van der Waals surface area contributed by atoms with Crippen LogP contribution in [0.2, 0.25) is 10.0 Å². The Morgan fingerprint density at radius 2 is 0.798 bits per heavy atom. The van der Waals surface area contributed by atoms with Gasteiger partial charge in [0.1, 0.15) is 95.1 Å². The van der Waals surface area contributed by atoms with Crippen LogP contribution in [-0.4, -0.2) is 186 Å². The number of nitrogens with zero attached hydrogens (tertiary/aromatic N) is 9. The van der Waals surface area contributed by atoms with Crippen LogP contribution in [0.25, 0.3) is 67.9 Å². The van der Waals surface area contributed by atoms with E-state index in [-0.39, 0.29) is 19.8 Å². The van der Waals surface area contributed by atoms with E-state index >= 15 is 0 Å². The molecule has 6 aromatic carbocycles. The summed E-state index contributed by atoms with van der Waals surface area (Å²) in [5.41, 5.74) is 8.07. The van der Waals surface area contributed by atoms with Crippen molar-refractivity contribution in [3.05, 3.63) is 171 Å². The molecule has 3 N–H and O–H groups in total. The van der Waals surface area contributed by atoms with Gasteiger partial charge in [-0.1, -0.05) is 47.5 Å². The standard InChI is InChI=1S/C28H33N3O6.2C27H30ClN3O5/c1-17-12-21(33-3)13-25(34-4)27(17)19-8-10-31(11-9-19)15-20(32)16-35-23-6-5-7-24-22(23)14-26(37-24)28-30-29-18(2)36-28;1-16-11-19(28)12-24(33-3)26(16)18-7-9-31(10-8-18)14-20(32)15-34-22-5-4-6-23-21(22)13-25(36-23)27-30-29-17(2)35-27;1-3-33-25-8-7-19(13-22(25)28)18-9-11-31(12-10-18)15-20(32)16-34-23-5-4-6-24-21(23)14-26(36-24)27-30-29-17(2)35-27/h5-7,12-14,19-20,32H,8-11,15-16H2,1-4H3;4-6,11-13,18,20,32H,7-10,14-15H2,1-3H3;4-8,13-14,18,20,32H,3,9-12,15-16H2,1-2H3. The molecule has 0 amide bonds. The van der Waals surface area contributed by atoms with E-state index in [0.29, 0.717) is 141 Å². The summed E-state index contributed by atoms with van der Waals surface area (Å²) in [7, 11) is 5.07. The number of β-amino-alcohol motifs (C(OH)–C–C–N with tert-alkyl or cyclic N) is 3. The van der Waals surface area contributed by atoms with Crippen LogP contribution in [0, 0.1) is 34.6 Å². The van der Waals surface area contributed by atoms with Crippen LogP contribution in [0.1, 0.15) is 109 Å². The third-order valence-corrected chi connectivity index (χ3v) is 20.6. The number of aromatic nitrogens is 6. The number of methoxy groups -OCH3 is 3. The Balaban J connectivity index is 0.000000144. The van der Waals surface area contributed by atoms with Gasteiger partial charge >= 0.3 is 0 Å². The summed E-state index contributed by atoms with van der Waals surface area (Å²) in [5, 5.41) is 59.4. The molecule has 0 bridgehead atoms. The maximum Gasteiger partial charge on any atom is 0.283 e. The molecule has 0 radical (unpaired) electrons. The maximum atomic E-state index is 10.7. The van der Waals surface area contributed by atoms with Crippen molar-refractivity contribution in [3.8, 4) is 75.2 Å². The van der Waals surface area contributed by atoms with Gasteiger partial charge in [0.25, 0.3) is 17.7 Å². The molecule has 9 heterocycles. The number of halogens is 2. The number of likely N-dealkylation sites (tertiary alicyclic amines) is 3. The summed E-state index contributed by atoms with van der Waals surface area (Å²) in [6, 6.07) is 36.2. The largest absolute Gasteiger partial charge is 0.497 e. The number of ether oxygens (including phenoxy) is 7. The molecule has 27 heteroatoms. The molecule has 15 rings (SSSR count). The number of benzene rings is 6. The van der Waals surface area contributed by atoms with Gasteiger partial charge in [0.15, 0.2) is 17.3 Å². The Morgan fingerprint density at radius 3 is 1.16 bits per heavy atom. The van der Waals surface area contributed by atoms with Crippen LogP contribution in [0.4, 0.5) is 0 Å². The SMILES string of the molecule is CCOc1ccc(C2CCN(CC(O)COc3cccc4oc(-c5nnc(C)o5)cc34)CC2)cc1Cl.COc1cc(C)c(C2CCN(CC(O)COc3cccc4oc(-c5nnc(C)o5)cc34)CC2)c(OC)c1.COc1cc(Cl)cc(C)c1C1CCN(CC(O)COc2cccc3oc(-c4nnc(C)o4)cc23)CC1. The Morgan fingerprint density at radius 1 is 0.413 bits per heavy atom. The van der Waals surface area contributed by atoms with Gasteiger partial charge in [-0.3, -0.25) is 0 Å². The molecule has 3 aliphatic rings. The number of aliphatic hydroxyl groups excluding tert-OH is 3. The number of aryl methyl sites for hydroxylation is 5. The van der Waals surface area contributed by atoms with Gasteiger partial charge in [-0.05, 0) is 200 Å². The second-order valence-electron chi connectivity index (χ2n) is 27.9. The van der Waals surface area contributed by atoms with Gasteiger partial charge < -0.3 is 89.7 Å². The lowest BCUT2D eigenvalue weighted by Gasteiger charge is -2.34. The summed E-state index contributed by atoms with van der Waals surface area (Å²) in [5.74, 6) is 10.3. The summed E-state index contributed by atoms with van der Waals surface area (Å²) in [6.45, 7) is 19.6. The number of rotatable bonds is 26. The number of hydrogen-bond donors (Lipinski definition) is 3. The zero-order chi connectivity index (χ0) is 76.2. The van der Waals surface area contributed by atoms with Crippen LogP contribution < -0.4 is 33.2 Å². The fourth-order valence-electron chi connectivity index (χ4n) is 14.9. The smallest absolute Gasteiger partial charge is 0.283 e.